The molecule has 1 saturated carbocycles. The van der Waals surface area contributed by atoms with E-state index in [1.807, 2.05) is 13.1 Å². The maximum Gasteiger partial charge on any atom is 0.134 e. The van der Waals surface area contributed by atoms with Gasteiger partial charge in [0, 0.05) is 26.2 Å². The molecular weight excluding hydrogens is 200 g/mol. The van der Waals surface area contributed by atoms with Crippen LogP contribution in [0.5, 0.6) is 0 Å². The van der Waals surface area contributed by atoms with Gasteiger partial charge in [0.2, 0.25) is 0 Å². The quantitative estimate of drug-likeness (QED) is 0.848. The molecule has 0 radical (unpaired) electrons. The minimum absolute atomic E-state index is 0.647. The fourth-order valence-electron chi connectivity index (χ4n) is 2.33. The van der Waals surface area contributed by atoms with E-state index in [-0.39, 0.29) is 0 Å². The first-order chi connectivity index (χ1) is 7.81. The lowest BCUT2D eigenvalue weighted by molar-refractivity contribution is 0.426. The van der Waals surface area contributed by atoms with Crippen molar-refractivity contribution < 1.29 is 0 Å². The predicted octanol–water partition coefficient (Wildman–Crippen LogP) is 2.29. The summed E-state index contributed by atoms with van der Waals surface area (Å²) in [6, 6.07) is 2.66. The molecule has 1 fully saturated rings. The maximum atomic E-state index is 4.34. The number of hydrogen-bond donors (Lipinski definition) is 1. The molecule has 88 valence electrons. The third kappa shape index (κ3) is 2.43. The van der Waals surface area contributed by atoms with E-state index in [4.69, 9.17) is 0 Å². The lowest BCUT2D eigenvalue weighted by atomic mass is 9.94. The van der Waals surface area contributed by atoms with Crippen molar-refractivity contribution in [3.05, 3.63) is 12.4 Å². The van der Waals surface area contributed by atoms with Gasteiger partial charge in [-0.15, -0.1) is 0 Å². The van der Waals surface area contributed by atoms with Crippen molar-refractivity contribution in [3.8, 4) is 0 Å². The number of rotatable bonds is 3. The van der Waals surface area contributed by atoms with E-state index in [1.165, 1.54) is 32.1 Å². The van der Waals surface area contributed by atoms with Gasteiger partial charge in [-0.2, -0.15) is 0 Å². The Morgan fingerprint density at radius 2 is 2.00 bits per heavy atom. The van der Waals surface area contributed by atoms with Gasteiger partial charge in [0.05, 0.1) is 0 Å². The molecule has 1 aromatic rings. The monoisotopic (exact) mass is 220 g/mol. The van der Waals surface area contributed by atoms with E-state index in [2.05, 4.69) is 27.2 Å². The van der Waals surface area contributed by atoms with Crippen LogP contribution < -0.4 is 10.2 Å². The molecule has 0 atom stereocenters. The second-order valence-electron chi connectivity index (χ2n) is 4.41. The fourth-order valence-corrected chi connectivity index (χ4v) is 2.33. The van der Waals surface area contributed by atoms with Crippen molar-refractivity contribution in [3.63, 3.8) is 0 Å². The van der Waals surface area contributed by atoms with Crippen LogP contribution in [0.2, 0.25) is 0 Å². The SMILES string of the molecule is CNc1cc(N(C)C2CCCCC2)ncn1. The summed E-state index contributed by atoms with van der Waals surface area (Å²) in [5, 5.41) is 3.05. The van der Waals surface area contributed by atoms with Crippen molar-refractivity contribution in [2.75, 3.05) is 24.3 Å². The van der Waals surface area contributed by atoms with Gasteiger partial charge in [0.1, 0.15) is 18.0 Å². The Bertz CT molecular complexity index is 334. The average molecular weight is 220 g/mol. The topological polar surface area (TPSA) is 41.0 Å². The van der Waals surface area contributed by atoms with Crippen LogP contribution >= 0.6 is 0 Å². The summed E-state index contributed by atoms with van der Waals surface area (Å²) in [7, 11) is 4.02. The molecule has 1 aromatic heterocycles. The van der Waals surface area contributed by atoms with Gasteiger partial charge in [-0.25, -0.2) is 9.97 Å². The summed E-state index contributed by atoms with van der Waals surface area (Å²) in [6.07, 6.45) is 8.28. The third-order valence-electron chi connectivity index (χ3n) is 3.39. The van der Waals surface area contributed by atoms with Crippen molar-refractivity contribution in [2.45, 2.75) is 38.1 Å². The Morgan fingerprint density at radius 3 is 2.69 bits per heavy atom. The first kappa shape index (κ1) is 11.2. The summed E-state index contributed by atoms with van der Waals surface area (Å²) < 4.78 is 0. The lowest BCUT2D eigenvalue weighted by Crippen LogP contribution is -2.33. The molecule has 0 bridgehead atoms. The summed E-state index contributed by atoms with van der Waals surface area (Å²) in [5.74, 6) is 1.90. The first-order valence-electron chi connectivity index (χ1n) is 6.04. The van der Waals surface area contributed by atoms with Crippen molar-refractivity contribution in [2.24, 2.45) is 0 Å². The Balaban J connectivity index is 2.09. The molecule has 0 aromatic carbocycles. The zero-order valence-corrected chi connectivity index (χ0v) is 10.1. The molecule has 4 heteroatoms. The Kier molecular flexibility index (Phi) is 3.59. The van der Waals surface area contributed by atoms with Crippen LogP contribution in [-0.2, 0) is 0 Å². The molecule has 0 saturated heterocycles. The van der Waals surface area contributed by atoms with E-state index in [0.717, 1.165) is 11.6 Å². The van der Waals surface area contributed by atoms with Crippen molar-refractivity contribution in [1.82, 2.24) is 9.97 Å². The molecule has 0 aliphatic heterocycles. The third-order valence-corrected chi connectivity index (χ3v) is 3.39. The van der Waals surface area contributed by atoms with E-state index < -0.39 is 0 Å². The van der Waals surface area contributed by atoms with Crippen molar-refractivity contribution in [1.29, 1.82) is 0 Å². The molecule has 1 N–H and O–H groups in total. The molecule has 1 aliphatic rings. The summed E-state index contributed by atoms with van der Waals surface area (Å²) in [5.41, 5.74) is 0. The van der Waals surface area contributed by atoms with E-state index in [1.54, 1.807) is 6.33 Å². The first-order valence-corrected chi connectivity index (χ1v) is 6.04. The van der Waals surface area contributed by atoms with Crippen LogP contribution in [0.3, 0.4) is 0 Å². The Labute approximate surface area is 97.1 Å². The summed E-state index contributed by atoms with van der Waals surface area (Å²) >= 11 is 0. The molecule has 1 aliphatic carbocycles. The van der Waals surface area contributed by atoms with Crippen LogP contribution in [0.25, 0.3) is 0 Å². The Hall–Kier alpha value is -1.32. The highest BCUT2D eigenvalue weighted by molar-refractivity contribution is 5.48. The van der Waals surface area contributed by atoms with Gasteiger partial charge in [-0.3, -0.25) is 0 Å². The molecule has 0 spiro atoms. The van der Waals surface area contributed by atoms with Gasteiger partial charge in [-0.05, 0) is 12.8 Å². The molecule has 0 unspecified atom stereocenters. The number of aromatic nitrogens is 2. The summed E-state index contributed by atoms with van der Waals surface area (Å²) in [6.45, 7) is 0. The van der Waals surface area contributed by atoms with Crippen LogP contribution in [0.4, 0.5) is 11.6 Å². The number of hydrogen-bond acceptors (Lipinski definition) is 4. The summed E-state index contributed by atoms with van der Waals surface area (Å²) in [4.78, 5) is 10.8. The van der Waals surface area contributed by atoms with Crippen LogP contribution in [0, 0.1) is 0 Å². The molecular formula is C12H20N4. The van der Waals surface area contributed by atoms with Crippen LogP contribution in [0.1, 0.15) is 32.1 Å². The zero-order chi connectivity index (χ0) is 11.4. The fraction of sp³-hybridized carbons (Fsp3) is 0.667. The van der Waals surface area contributed by atoms with Gasteiger partial charge in [-0.1, -0.05) is 19.3 Å². The predicted molar refractivity (Wildman–Crippen MR) is 66.9 cm³/mol. The van der Waals surface area contributed by atoms with E-state index >= 15 is 0 Å². The van der Waals surface area contributed by atoms with Crippen LogP contribution in [0.15, 0.2) is 12.4 Å². The highest BCUT2D eigenvalue weighted by Gasteiger charge is 2.19. The normalized spacial score (nSPS) is 17.1. The zero-order valence-electron chi connectivity index (χ0n) is 10.1. The number of nitrogens with one attached hydrogen (secondary N) is 1. The van der Waals surface area contributed by atoms with E-state index in [0.29, 0.717) is 6.04 Å². The minimum atomic E-state index is 0.647. The second kappa shape index (κ2) is 5.14. The number of anilines is 2. The highest BCUT2D eigenvalue weighted by Crippen LogP contribution is 2.25. The molecule has 4 nitrogen and oxygen atoms in total. The van der Waals surface area contributed by atoms with Gasteiger partial charge in [0.25, 0.3) is 0 Å². The molecule has 2 rings (SSSR count). The molecule has 16 heavy (non-hydrogen) atoms. The number of nitrogens with zero attached hydrogens (tertiary/aromatic N) is 3. The standard InChI is InChI=1S/C12H20N4/c1-13-11-8-12(15-9-14-11)16(2)10-6-4-3-5-7-10/h8-10H,3-7H2,1-2H3,(H,13,14,15). The van der Waals surface area contributed by atoms with E-state index in [9.17, 15) is 0 Å². The maximum absolute atomic E-state index is 4.34. The smallest absolute Gasteiger partial charge is 0.134 e. The minimum Gasteiger partial charge on any atom is -0.373 e. The highest BCUT2D eigenvalue weighted by atomic mass is 15.2. The molecule has 1 heterocycles. The van der Waals surface area contributed by atoms with Gasteiger partial charge in [0.15, 0.2) is 0 Å². The average Bonchev–Trinajstić information content (AvgIpc) is 2.39. The Morgan fingerprint density at radius 1 is 1.25 bits per heavy atom. The van der Waals surface area contributed by atoms with Crippen molar-refractivity contribution >= 4 is 11.6 Å². The van der Waals surface area contributed by atoms with Gasteiger partial charge >= 0.3 is 0 Å². The lowest BCUT2D eigenvalue weighted by Gasteiger charge is -2.32. The second-order valence-corrected chi connectivity index (χ2v) is 4.41. The van der Waals surface area contributed by atoms with Gasteiger partial charge < -0.3 is 10.2 Å². The molecule has 0 amide bonds. The van der Waals surface area contributed by atoms with Crippen LogP contribution in [-0.4, -0.2) is 30.1 Å². The largest absolute Gasteiger partial charge is 0.373 e.